The van der Waals surface area contributed by atoms with E-state index in [9.17, 15) is 58.8 Å². The number of aromatic amines is 1. The number of nitrogens with two attached hydrogens (primary N) is 1. The lowest BCUT2D eigenvalue weighted by Gasteiger charge is -2.29. The van der Waals surface area contributed by atoms with Crippen LogP contribution in [0, 0.1) is 0 Å². The van der Waals surface area contributed by atoms with Crippen molar-refractivity contribution in [1.29, 1.82) is 0 Å². The van der Waals surface area contributed by atoms with E-state index in [1.807, 2.05) is 0 Å². The van der Waals surface area contributed by atoms with E-state index in [4.69, 9.17) is 5.73 Å². The van der Waals surface area contributed by atoms with Gasteiger partial charge in [0, 0.05) is 37.7 Å². The van der Waals surface area contributed by atoms with Crippen LogP contribution in [0.15, 0.2) is 61.1 Å². The SMILES string of the molecule is C[C@H](NC(=O)[C@@H]1CCCN1C(=O)[C@H](CO)NC(=O)CNC(=O)CNC(=O)[C@H](Cc1ccc(O)cc1)NC(=O)[C@@H](N)Cc1cnc[nH]1)C(=O)N[C@@H](Cc1ccc(O)cc1)C(=O)O. The van der Waals surface area contributed by atoms with Gasteiger partial charge in [0.25, 0.3) is 0 Å². The summed E-state index contributed by atoms with van der Waals surface area (Å²) in [6, 6.07) is 4.24. The Morgan fingerprint density at radius 2 is 1.36 bits per heavy atom. The second kappa shape index (κ2) is 22.3. The Labute approximate surface area is 349 Å². The standard InChI is InChI=1S/C39H50N10O12/c1-21(34(55)48-29(39(60)61)14-23-6-10-26(52)11-7-23)45-37(58)31-3-2-12-49(31)38(59)30(19-50)46-33(54)18-42-32(53)17-43-36(57)28(13-22-4-8-25(51)9-5-22)47-35(56)27(40)15-24-16-41-20-44-24/h4-11,16,20-21,27-31,50-52H,2-3,12-15,17-19,40H2,1H3,(H,41,44)(H,42,53)(H,43,57)(H,45,58)(H,46,54)(H,47,56)(H,48,55)(H,60,61)/t21-,27-,28-,29-,30-,31-/m0/s1. The number of nitrogens with one attached hydrogen (secondary N) is 7. The lowest BCUT2D eigenvalue weighted by Crippen LogP contribution is -2.58. The van der Waals surface area contributed by atoms with Crippen molar-refractivity contribution in [1.82, 2.24) is 46.8 Å². The molecule has 7 amide bonds. The number of carboxylic acid groups (broad SMARTS) is 1. The number of carboxylic acids is 1. The minimum Gasteiger partial charge on any atom is -0.508 e. The van der Waals surface area contributed by atoms with Crippen LogP contribution in [-0.4, -0.2) is 145 Å². The normalized spacial score (nSPS) is 15.9. The fourth-order valence-electron chi connectivity index (χ4n) is 6.29. The van der Waals surface area contributed by atoms with Gasteiger partial charge in [-0.25, -0.2) is 9.78 Å². The van der Waals surface area contributed by atoms with Crippen LogP contribution in [0.5, 0.6) is 11.5 Å². The van der Waals surface area contributed by atoms with Crippen molar-refractivity contribution in [2.75, 3.05) is 26.2 Å². The lowest BCUT2D eigenvalue weighted by molar-refractivity contribution is -0.143. The first-order chi connectivity index (χ1) is 29.0. The molecule has 13 N–H and O–H groups in total. The van der Waals surface area contributed by atoms with E-state index in [0.717, 1.165) is 4.90 Å². The number of phenolic OH excluding ortho intramolecular Hbond substituents is 2. The number of hydrogen-bond acceptors (Lipinski definition) is 13. The fraction of sp³-hybridized carbons (Fsp3) is 0.410. The third-order valence-electron chi connectivity index (χ3n) is 9.61. The van der Waals surface area contributed by atoms with Gasteiger partial charge in [-0.1, -0.05) is 24.3 Å². The molecule has 2 aromatic carbocycles. The zero-order valence-corrected chi connectivity index (χ0v) is 33.1. The highest BCUT2D eigenvalue weighted by molar-refractivity contribution is 5.96. The molecule has 0 spiro atoms. The second-order valence-electron chi connectivity index (χ2n) is 14.3. The van der Waals surface area contributed by atoms with Gasteiger partial charge in [-0.05, 0) is 55.2 Å². The van der Waals surface area contributed by atoms with Gasteiger partial charge < -0.3 is 67.9 Å². The van der Waals surface area contributed by atoms with Gasteiger partial charge in [-0.3, -0.25) is 33.6 Å². The van der Waals surface area contributed by atoms with Crippen molar-refractivity contribution < 1.29 is 58.8 Å². The number of aliphatic hydroxyl groups excluding tert-OH is 1. The maximum Gasteiger partial charge on any atom is 0.326 e. The molecule has 22 nitrogen and oxygen atoms in total. The first-order valence-electron chi connectivity index (χ1n) is 19.2. The van der Waals surface area contributed by atoms with Crippen LogP contribution in [0.4, 0.5) is 0 Å². The number of aromatic nitrogens is 2. The molecule has 0 saturated carbocycles. The van der Waals surface area contributed by atoms with E-state index in [0.29, 0.717) is 23.2 Å². The zero-order valence-electron chi connectivity index (χ0n) is 33.1. The summed E-state index contributed by atoms with van der Waals surface area (Å²) >= 11 is 0. The van der Waals surface area contributed by atoms with Crippen LogP contribution in [0.3, 0.4) is 0 Å². The van der Waals surface area contributed by atoms with Crippen LogP contribution in [0.25, 0.3) is 0 Å². The zero-order chi connectivity index (χ0) is 44.6. The van der Waals surface area contributed by atoms with Crippen LogP contribution in [0.2, 0.25) is 0 Å². The first kappa shape index (κ1) is 46.6. The Kier molecular flexibility index (Phi) is 17.1. The van der Waals surface area contributed by atoms with Crippen molar-refractivity contribution >= 4 is 47.3 Å². The van der Waals surface area contributed by atoms with Gasteiger partial charge in [0.15, 0.2) is 0 Å². The third kappa shape index (κ3) is 14.3. The predicted octanol–water partition coefficient (Wildman–Crippen LogP) is -3.56. The molecule has 22 heteroatoms. The topological polar surface area (TPSA) is 348 Å². The third-order valence-corrected chi connectivity index (χ3v) is 9.61. The van der Waals surface area contributed by atoms with E-state index >= 15 is 0 Å². The monoisotopic (exact) mass is 850 g/mol. The number of nitrogens with zero attached hydrogens (tertiary/aromatic N) is 2. The van der Waals surface area contributed by atoms with Crippen LogP contribution in [0.1, 0.15) is 36.6 Å². The highest BCUT2D eigenvalue weighted by Gasteiger charge is 2.38. The van der Waals surface area contributed by atoms with Crippen molar-refractivity contribution in [2.45, 2.75) is 75.3 Å². The summed E-state index contributed by atoms with van der Waals surface area (Å²) in [5.74, 6) is -6.81. The maximum absolute atomic E-state index is 13.4. The predicted molar refractivity (Wildman–Crippen MR) is 213 cm³/mol. The molecule has 0 bridgehead atoms. The summed E-state index contributed by atoms with van der Waals surface area (Å²) < 4.78 is 0. The second-order valence-corrected chi connectivity index (χ2v) is 14.3. The summed E-state index contributed by atoms with van der Waals surface area (Å²) in [4.78, 5) is 111. The number of H-pyrrole nitrogens is 1. The summed E-state index contributed by atoms with van der Waals surface area (Å²) in [5.41, 5.74) is 7.72. The number of rotatable bonds is 21. The number of aliphatic carboxylic acids is 1. The molecule has 6 atom stereocenters. The highest BCUT2D eigenvalue weighted by Crippen LogP contribution is 2.19. The van der Waals surface area contributed by atoms with E-state index in [1.165, 1.54) is 55.8 Å². The number of benzene rings is 2. The van der Waals surface area contributed by atoms with Gasteiger partial charge in [0.2, 0.25) is 41.4 Å². The van der Waals surface area contributed by atoms with Gasteiger partial charge in [-0.2, -0.15) is 0 Å². The van der Waals surface area contributed by atoms with Crippen molar-refractivity contribution in [3.05, 3.63) is 77.9 Å². The molecule has 2 heterocycles. The molecule has 0 aliphatic carbocycles. The molecule has 61 heavy (non-hydrogen) atoms. The van der Waals surface area contributed by atoms with E-state index in [1.54, 1.807) is 12.1 Å². The minimum atomic E-state index is -1.52. The Bertz CT molecular complexity index is 2010. The van der Waals surface area contributed by atoms with Gasteiger partial charge >= 0.3 is 5.97 Å². The van der Waals surface area contributed by atoms with E-state index in [-0.39, 0.29) is 43.7 Å². The average Bonchev–Trinajstić information content (AvgIpc) is 3.95. The number of amides is 7. The molecule has 1 aliphatic heterocycles. The largest absolute Gasteiger partial charge is 0.508 e. The summed E-state index contributed by atoms with van der Waals surface area (Å²) in [5, 5.41) is 53.1. The minimum absolute atomic E-state index is 0.0125. The Morgan fingerprint density at radius 3 is 1.93 bits per heavy atom. The first-order valence-corrected chi connectivity index (χ1v) is 19.2. The molecule has 1 fully saturated rings. The molecule has 1 aromatic heterocycles. The van der Waals surface area contributed by atoms with Crippen LogP contribution in [-0.2, 0) is 57.6 Å². The number of imidazole rings is 1. The average molecular weight is 851 g/mol. The Morgan fingerprint density at radius 1 is 0.770 bits per heavy atom. The van der Waals surface area contributed by atoms with Crippen LogP contribution >= 0.6 is 0 Å². The van der Waals surface area contributed by atoms with Crippen molar-refractivity contribution in [3.8, 4) is 11.5 Å². The lowest BCUT2D eigenvalue weighted by atomic mass is 10.0. The van der Waals surface area contributed by atoms with Gasteiger partial charge in [0.05, 0.1) is 32.1 Å². The number of carbonyl (C=O) groups excluding carboxylic acids is 7. The Hall–Kier alpha value is -7.07. The smallest absolute Gasteiger partial charge is 0.326 e. The number of likely N-dealkylation sites (tertiary alicyclic amines) is 1. The number of phenols is 2. The summed E-state index contributed by atoms with van der Waals surface area (Å²) in [6.07, 6.45) is 3.46. The quantitative estimate of drug-likeness (QED) is 0.0494. The number of carbonyl (C=O) groups is 8. The molecule has 328 valence electrons. The number of hydrogen-bond donors (Lipinski definition) is 12. The Balaban J connectivity index is 1.25. The molecule has 0 unspecified atom stereocenters. The molecule has 0 radical (unpaired) electrons. The van der Waals surface area contributed by atoms with Crippen molar-refractivity contribution in [2.24, 2.45) is 5.73 Å². The molecule has 1 aliphatic rings. The van der Waals surface area contributed by atoms with Crippen molar-refractivity contribution in [3.63, 3.8) is 0 Å². The molecular formula is C39H50N10O12. The molecule has 4 rings (SSSR count). The highest BCUT2D eigenvalue weighted by atomic mass is 16.4. The van der Waals surface area contributed by atoms with E-state index in [2.05, 4.69) is 41.9 Å². The molecule has 3 aromatic rings. The van der Waals surface area contributed by atoms with Gasteiger partial charge in [-0.15, -0.1) is 0 Å². The van der Waals surface area contributed by atoms with Gasteiger partial charge in [0.1, 0.15) is 41.7 Å². The van der Waals surface area contributed by atoms with Crippen LogP contribution < -0.4 is 37.6 Å². The number of aliphatic hydroxyl groups is 1. The maximum atomic E-state index is 13.4. The number of aromatic hydroxyl groups is 2. The molecular weight excluding hydrogens is 800 g/mol. The van der Waals surface area contributed by atoms with E-state index < -0.39 is 103 Å². The molecule has 1 saturated heterocycles. The summed E-state index contributed by atoms with van der Waals surface area (Å²) in [7, 11) is 0. The summed E-state index contributed by atoms with van der Waals surface area (Å²) in [6.45, 7) is -0.740. The fourth-order valence-corrected chi connectivity index (χ4v) is 6.29.